The molecule has 5 rings (SSSR count). The van der Waals surface area contributed by atoms with Gasteiger partial charge in [0.2, 0.25) is 0 Å². The molecule has 3 saturated carbocycles. The van der Waals surface area contributed by atoms with Gasteiger partial charge in [-0.3, -0.25) is 10.1 Å². The topological polar surface area (TPSA) is 90.8 Å². The molecule has 9 heteroatoms. The maximum absolute atomic E-state index is 13.5. The van der Waals surface area contributed by atoms with E-state index in [1.807, 2.05) is 19.1 Å². The normalized spacial score (nSPS) is 28.4. The third-order valence-electron chi connectivity index (χ3n) is 6.42. The molecule has 0 spiro atoms. The Balaban J connectivity index is 1.33. The van der Waals surface area contributed by atoms with Crippen molar-refractivity contribution in [1.82, 2.24) is 10.6 Å². The molecule has 168 valence electrons. The summed E-state index contributed by atoms with van der Waals surface area (Å²) in [7, 11) is 0. The van der Waals surface area contributed by atoms with Crippen molar-refractivity contribution in [1.29, 1.82) is 0 Å². The lowest BCUT2D eigenvalue weighted by Crippen LogP contribution is -2.71. The van der Waals surface area contributed by atoms with Gasteiger partial charge in [-0.15, -0.1) is 11.3 Å². The minimum absolute atomic E-state index is 0.00207. The first-order valence-electron chi connectivity index (χ1n) is 10.3. The summed E-state index contributed by atoms with van der Waals surface area (Å²) in [6.45, 7) is 1.86. The van der Waals surface area contributed by atoms with Gasteiger partial charge in [-0.05, 0) is 63.3 Å². The maximum atomic E-state index is 13.5. The van der Waals surface area contributed by atoms with Gasteiger partial charge in [0.25, 0.3) is 5.91 Å². The van der Waals surface area contributed by atoms with Crippen LogP contribution in [0, 0.1) is 12.7 Å². The van der Waals surface area contributed by atoms with E-state index < -0.39 is 29.2 Å². The Morgan fingerprint density at radius 1 is 1.32 bits per heavy atom. The Kier molecular flexibility index (Phi) is 6.29. The van der Waals surface area contributed by atoms with Crippen LogP contribution < -0.4 is 15.4 Å². The largest absolute Gasteiger partial charge is 0.489 e. The van der Waals surface area contributed by atoms with E-state index >= 15 is 0 Å². The molecule has 2 atom stereocenters. The number of halogens is 2. The highest BCUT2D eigenvalue weighted by Gasteiger charge is 2.55. The molecule has 1 aromatic carbocycles. The molecule has 2 unspecified atom stereocenters. The van der Waals surface area contributed by atoms with Crippen LogP contribution in [0.3, 0.4) is 0 Å². The number of aryl methyl sites for hydroxylation is 1. The minimum atomic E-state index is -1.04. The number of hydrogen-bond donors (Lipinski definition) is 4. The number of aliphatic hydroxyl groups excluding tert-OH is 2. The summed E-state index contributed by atoms with van der Waals surface area (Å²) in [5.41, 5.74) is -1.07. The van der Waals surface area contributed by atoms with Gasteiger partial charge in [0, 0.05) is 22.0 Å². The molecule has 0 saturated heterocycles. The van der Waals surface area contributed by atoms with Gasteiger partial charge in [0.15, 0.2) is 0 Å². The molecule has 2 aromatic rings. The first-order valence-corrected chi connectivity index (χ1v) is 11.5. The number of amides is 1. The number of hydrogen-bond acceptors (Lipinski definition) is 6. The van der Waals surface area contributed by atoms with Crippen LogP contribution in [0.2, 0.25) is 5.02 Å². The van der Waals surface area contributed by atoms with Gasteiger partial charge in [0.1, 0.15) is 24.4 Å². The second-order valence-electron chi connectivity index (χ2n) is 8.57. The zero-order valence-corrected chi connectivity index (χ0v) is 18.7. The molecule has 4 N–H and O–H groups in total. The molecular weight excluding hydrogens is 443 g/mol. The standard InChI is InChI=1S/C22H26ClFN2O4S/c1-13-2-5-17(31-13)20(29)26-21-6-8-22(9-7-21,18(27)11-21)25-19(28)12-30-14-3-4-15(23)16(24)10-14/h2-5,10,18-19,25,27-28H,6-9,11-12H2,1H3,(H,26,29). The molecule has 0 radical (unpaired) electrons. The summed E-state index contributed by atoms with van der Waals surface area (Å²) in [4.78, 5) is 14.4. The fraction of sp³-hybridized carbons (Fsp3) is 0.500. The van der Waals surface area contributed by atoms with Gasteiger partial charge in [-0.2, -0.15) is 0 Å². The van der Waals surface area contributed by atoms with Gasteiger partial charge in [-0.1, -0.05) is 11.6 Å². The van der Waals surface area contributed by atoms with E-state index in [9.17, 15) is 19.4 Å². The Bertz CT molecular complexity index is 961. The van der Waals surface area contributed by atoms with Gasteiger partial charge >= 0.3 is 0 Å². The van der Waals surface area contributed by atoms with Crippen LogP contribution in [-0.2, 0) is 0 Å². The van der Waals surface area contributed by atoms with Gasteiger partial charge in [-0.25, -0.2) is 4.39 Å². The van der Waals surface area contributed by atoms with Gasteiger partial charge in [0.05, 0.1) is 16.0 Å². The van der Waals surface area contributed by atoms with Crippen LogP contribution in [0.25, 0.3) is 0 Å². The van der Waals surface area contributed by atoms with E-state index in [1.54, 1.807) is 0 Å². The van der Waals surface area contributed by atoms with Crippen molar-refractivity contribution < 1.29 is 24.1 Å². The van der Waals surface area contributed by atoms with Crippen molar-refractivity contribution in [2.75, 3.05) is 6.61 Å². The van der Waals surface area contributed by atoms with E-state index in [-0.39, 0.29) is 23.3 Å². The van der Waals surface area contributed by atoms with E-state index in [0.29, 0.717) is 37.0 Å². The van der Waals surface area contributed by atoms with E-state index in [0.717, 1.165) is 10.9 Å². The predicted molar refractivity (Wildman–Crippen MR) is 117 cm³/mol. The van der Waals surface area contributed by atoms with Crippen molar-refractivity contribution in [3.63, 3.8) is 0 Å². The number of ether oxygens (including phenoxy) is 1. The number of benzene rings is 1. The third-order valence-corrected chi connectivity index (χ3v) is 7.72. The zero-order valence-electron chi connectivity index (χ0n) is 17.2. The highest BCUT2D eigenvalue weighted by atomic mass is 35.5. The van der Waals surface area contributed by atoms with E-state index in [4.69, 9.17) is 16.3 Å². The lowest BCUT2D eigenvalue weighted by molar-refractivity contribution is -0.0865. The summed E-state index contributed by atoms with van der Waals surface area (Å²) in [5, 5.41) is 27.6. The number of carbonyl (C=O) groups is 1. The number of carbonyl (C=O) groups excluding carboxylic acids is 1. The highest BCUT2D eigenvalue weighted by molar-refractivity contribution is 7.13. The number of fused-ring (bicyclic) bond motifs is 3. The molecule has 31 heavy (non-hydrogen) atoms. The van der Waals surface area contributed by atoms with E-state index in [2.05, 4.69) is 10.6 Å². The lowest BCUT2D eigenvalue weighted by Gasteiger charge is -2.57. The first-order chi connectivity index (χ1) is 14.7. The number of aliphatic hydroxyl groups is 2. The summed E-state index contributed by atoms with van der Waals surface area (Å²) in [6, 6.07) is 7.82. The fourth-order valence-corrected chi connectivity index (χ4v) is 5.55. The summed E-state index contributed by atoms with van der Waals surface area (Å²) >= 11 is 7.12. The van der Waals surface area contributed by atoms with Gasteiger partial charge < -0.3 is 20.3 Å². The molecule has 1 heterocycles. The third kappa shape index (κ3) is 4.73. The number of rotatable bonds is 7. The Morgan fingerprint density at radius 2 is 2.06 bits per heavy atom. The molecular formula is C22H26ClFN2O4S. The van der Waals surface area contributed by atoms with Crippen molar-refractivity contribution in [2.24, 2.45) is 0 Å². The molecule has 3 fully saturated rings. The smallest absolute Gasteiger partial charge is 0.261 e. The molecule has 1 aromatic heterocycles. The number of thiophene rings is 1. The molecule has 0 aliphatic heterocycles. The summed E-state index contributed by atoms with van der Waals surface area (Å²) in [6.07, 6.45) is 1.32. The predicted octanol–water partition coefficient (Wildman–Crippen LogP) is 3.38. The molecule has 6 nitrogen and oxygen atoms in total. The zero-order chi connectivity index (χ0) is 22.2. The van der Waals surface area contributed by atoms with Crippen LogP contribution in [0.15, 0.2) is 30.3 Å². The average molecular weight is 469 g/mol. The van der Waals surface area contributed by atoms with Crippen molar-refractivity contribution in [3.05, 3.63) is 50.9 Å². The lowest BCUT2D eigenvalue weighted by atomic mass is 9.60. The highest BCUT2D eigenvalue weighted by Crippen LogP contribution is 2.47. The summed E-state index contributed by atoms with van der Waals surface area (Å²) < 4.78 is 19.0. The number of nitrogens with one attached hydrogen (secondary N) is 2. The van der Waals surface area contributed by atoms with Crippen LogP contribution >= 0.6 is 22.9 Å². The Labute approximate surface area is 189 Å². The SMILES string of the molecule is Cc1ccc(C(=O)NC23CCC(NC(O)COc4ccc(Cl)c(F)c4)(CC2)C(O)C3)s1. The van der Waals surface area contributed by atoms with Crippen molar-refractivity contribution >= 4 is 28.8 Å². The molecule has 3 aliphatic carbocycles. The molecule has 1 amide bonds. The van der Waals surface area contributed by atoms with Crippen LogP contribution in [-0.4, -0.2) is 46.1 Å². The van der Waals surface area contributed by atoms with Crippen molar-refractivity contribution in [3.8, 4) is 5.75 Å². The maximum Gasteiger partial charge on any atom is 0.261 e. The Morgan fingerprint density at radius 3 is 2.68 bits per heavy atom. The van der Waals surface area contributed by atoms with Crippen LogP contribution in [0.5, 0.6) is 5.75 Å². The van der Waals surface area contributed by atoms with Crippen LogP contribution in [0.4, 0.5) is 4.39 Å². The molecule has 2 bridgehead atoms. The summed E-state index contributed by atoms with van der Waals surface area (Å²) in [5.74, 6) is -0.429. The Hall–Kier alpha value is -1.71. The molecule has 3 aliphatic rings. The quantitative estimate of drug-likeness (QED) is 0.468. The second kappa shape index (κ2) is 8.67. The average Bonchev–Trinajstić information content (AvgIpc) is 3.17. The minimum Gasteiger partial charge on any atom is -0.489 e. The van der Waals surface area contributed by atoms with Crippen molar-refractivity contribution in [2.45, 2.75) is 62.4 Å². The monoisotopic (exact) mass is 468 g/mol. The van der Waals surface area contributed by atoms with E-state index in [1.165, 1.54) is 23.5 Å². The van der Waals surface area contributed by atoms with Crippen LogP contribution in [0.1, 0.15) is 46.7 Å². The first kappa shape index (κ1) is 22.5. The fourth-order valence-electron chi connectivity index (χ4n) is 4.67. The second-order valence-corrected chi connectivity index (χ2v) is 10.3.